The number of benzene rings is 2. The monoisotopic (exact) mass is 650 g/mol. The zero-order chi connectivity index (χ0) is 25.2. The molecule has 2 aromatic rings. The van der Waals surface area contributed by atoms with Crippen LogP contribution in [0.4, 0.5) is 0 Å². The van der Waals surface area contributed by atoms with Crippen LogP contribution in [0.5, 0.6) is 0 Å². The summed E-state index contributed by atoms with van der Waals surface area (Å²) in [6, 6.07) is 18.2. The van der Waals surface area contributed by atoms with Crippen LogP contribution in [0.2, 0.25) is 31.4 Å². The van der Waals surface area contributed by atoms with Gasteiger partial charge in [-0.2, -0.15) is 0 Å². The van der Waals surface area contributed by atoms with Crippen LogP contribution in [0.3, 0.4) is 0 Å². The number of hydrogen-bond donors (Lipinski definition) is 0. The van der Waals surface area contributed by atoms with Crippen LogP contribution < -0.4 is 24.8 Å². The van der Waals surface area contributed by atoms with E-state index < -0.39 is 38.3 Å². The van der Waals surface area contributed by atoms with E-state index in [9.17, 15) is 0 Å². The summed E-state index contributed by atoms with van der Waals surface area (Å²) in [5.74, 6) is 2.61. The molecule has 2 nitrogen and oxygen atoms in total. The van der Waals surface area contributed by atoms with E-state index in [1.54, 1.807) is 0 Å². The average molecular weight is 653 g/mol. The van der Waals surface area contributed by atoms with Gasteiger partial charge in [-0.1, -0.05) is 0 Å². The van der Waals surface area contributed by atoms with E-state index in [2.05, 4.69) is 115 Å². The number of rotatable bonds is 6. The Morgan fingerprint density at radius 1 is 0.649 bits per heavy atom. The van der Waals surface area contributed by atoms with Gasteiger partial charge in [0.25, 0.3) is 0 Å². The second-order valence-corrected chi connectivity index (χ2v) is 31.1. The van der Waals surface area contributed by atoms with Crippen LogP contribution in [0.15, 0.2) is 60.0 Å². The molecule has 4 atom stereocenters. The van der Waals surface area contributed by atoms with Crippen molar-refractivity contribution in [3.05, 3.63) is 82.3 Å². The second-order valence-electron chi connectivity index (χ2n) is 13.2. The van der Waals surface area contributed by atoms with Crippen LogP contribution in [0.1, 0.15) is 71.0 Å². The molecule has 4 unspecified atom stereocenters. The van der Waals surface area contributed by atoms with Gasteiger partial charge in [0.1, 0.15) is 0 Å². The topological polar surface area (TPSA) is 18.5 Å². The zero-order valence-electron chi connectivity index (χ0n) is 23.6. The first-order chi connectivity index (χ1) is 16.4. The van der Waals surface area contributed by atoms with Gasteiger partial charge in [0, 0.05) is 0 Å². The number of allylic oxidation sites excluding steroid dienone is 2. The van der Waals surface area contributed by atoms with Crippen molar-refractivity contribution in [1.82, 2.24) is 0 Å². The Bertz CT molecular complexity index is 1110. The molecule has 0 aromatic heterocycles. The summed E-state index contributed by atoms with van der Waals surface area (Å²) in [7, 11) is -2.79. The average Bonchev–Trinajstić information content (AvgIpc) is 3.33. The van der Waals surface area contributed by atoms with Crippen molar-refractivity contribution in [2.24, 2.45) is 0 Å². The van der Waals surface area contributed by atoms with E-state index >= 15 is 0 Å². The van der Waals surface area contributed by atoms with E-state index in [0.29, 0.717) is 7.25 Å². The van der Waals surface area contributed by atoms with Crippen LogP contribution >= 0.6 is 0 Å². The van der Waals surface area contributed by atoms with Crippen LogP contribution in [-0.4, -0.2) is 18.1 Å². The molecule has 1 aliphatic heterocycles. The Labute approximate surface area is 245 Å². The third-order valence-corrected chi connectivity index (χ3v) is 27.6. The molecule has 200 valence electrons. The maximum absolute atomic E-state index is 7.02. The first kappa shape index (κ1) is 31.0. The van der Waals surface area contributed by atoms with Crippen LogP contribution in [0.25, 0.3) is 12.2 Å². The fourth-order valence-corrected chi connectivity index (χ4v) is 24.7. The Morgan fingerprint density at radius 3 is 1.32 bits per heavy atom. The van der Waals surface area contributed by atoms with Crippen LogP contribution in [0, 0.1) is 0 Å². The third-order valence-electron chi connectivity index (χ3n) is 8.82. The maximum Gasteiger partial charge on any atom is -1.00 e. The summed E-state index contributed by atoms with van der Waals surface area (Å²) >= 11 is -2.80. The van der Waals surface area contributed by atoms with E-state index in [-0.39, 0.29) is 34.9 Å². The normalized spacial score (nSPS) is 21.9. The molecule has 0 bridgehead atoms. The molecule has 0 spiro atoms. The Morgan fingerprint density at radius 2 is 1.00 bits per heavy atom. The number of fused-ring (bicyclic) bond motifs is 2. The van der Waals surface area contributed by atoms with Crippen LogP contribution in [-0.2, 0) is 29.1 Å². The fourth-order valence-electron chi connectivity index (χ4n) is 5.63. The maximum atomic E-state index is 7.02. The van der Waals surface area contributed by atoms with Gasteiger partial charge in [0.2, 0.25) is 0 Å². The molecule has 3 aliphatic rings. The van der Waals surface area contributed by atoms with Gasteiger partial charge in [0.05, 0.1) is 0 Å². The molecule has 0 amide bonds. The molecule has 0 N–H and O–H groups in total. The molecule has 5 rings (SSSR count). The molecule has 1 fully saturated rings. The van der Waals surface area contributed by atoms with E-state index in [1.807, 2.05) is 0 Å². The Balaban J connectivity index is 0.00000190. The molecule has 2 aromatic carbocycles. The van der Waals surface area contributed by atoms with Gasteiger partial charge < -0.3 is 24.8 Å². The molecule has 0 saturated carbocycles. The minimum Gasteiger partial charge on any atom is -1.00 e. The first-order valence-electron chi connectivity index (χ1n) is 13.4. The van der Waals surface area contributed by atoms with Crippen molar-refractivity contribution in [2.75, 3.05) is 0 Å². The summed E-state index contributed by atoms with van der Waals surface area (Å²) in [5.41, 5.74) is 5.85. The summed E-state index contributed by atoms with van der Waals surface area (Å²) in [5, 5.41) is 0.489. The van der Waals surface area contributed by atoms with Crippen molar-refractivity contribution in [2.45, 2.75) is 80.2 Å². The molecule has 2 aliphatic carbocycles. The van der Waals surface area contributed by atoms with Crippen molar-refractivity contribution in [1.29, 1.82) is 0 Å². The van der Waals surface area contributed by atoms with Gasteiger partial charge in [-0.3, -0.25) is 0 Å². The fraction of sp³-hybridized carbons (Fsp3) is 0.467. The predicted molar refractivity (Wildman–Crippen MR) is 152 cm³/mol. The molecule has 0 radical (unpaired) electrons. The largest absolute Gasteiger partial charge is 1.00 e. The predicted octanol–water partition coefficient (Wildman–Crippen LogP) is 2.53. The third kappa shape index (κ3) is 5.82. The quantitative estimate of drug-likeness (QED) is 0.447. The molecular weight excluding hydrogens is 611 g/mol. The van der Waals surface area contributed by atoms with Gasteiger partial charge >= 0.3 is 222 Å². The number of hydrogen-bond acceptors (Lipinski definition) is 2. The Hall–Kier alpha value is -0.583. The standard InChI is InChI=1S/2C14H19OSi.C2H4.2ClH.Zr/c2*1-14(2,3)16(4)15-13-9-11-7-5-6-8-12(11)10-13;1-2;;;/h2*5-10,16H,1-4H3;1-2H2;2*1H;/q;;;;;+2/p-2. The van der Waals surface area contributed by atoms with Crippen molar-refractivity contribution in [3.8, 4) is 0 Å². The minimum atomic E-state index is -2.80. The molecule has 37 heavy (non-hydrogen) atoms. The summed E-state index contributed by atoms with van der Waals surface area (Å²) in [6.07, 6.45) is 4.81. The second kappa shape index (κ2) is 11.1. The van der Waals surface area contributed by atoms with Gasteiger partial charge in [-0.15, -0.1) is 0 Å². The van der Waals surface area contributed by atoms with E-state index in [4.69, 9.17) is 8.85 Å². The molecule has 1 heterocycles. The van der Waals surface area contributed by atoms with Gasteiger partial charge in [-0.25, -0.2) is 0 Å². The van der Waals surface area contributed by atoms with Crippen molar-refractivity contribution >= 4 is 30.2 Å². The minimum absolute atomic E-state index is 0. The summed E-state index contributed by atoms with van der Waals surface area (Å²) in [4.78, 5) is 0. The SMILES string of the molecule is C[SiH](OC1=Cc2ccccc2[CH]1[Zr+2]1([CH]2C(O[SiH](C)C(C)(C)C)=Cc3ccccc32)[CH2][CH2]1)C(C)(C)C.[Cl-].[Cl-]. The van der Waals surface area contributed by atoms with Gasteiger partial charge in [-0.05, 0) is 0 Å². The first-order valence-corrected chi connectivity index (χ1v) is 24.1. The van der Waals surface area contributed by atoms with E-state index in [1.165, 1.54) is 42.0 Å². The molecular formula is C30H42Cl2O2Si2Zr. The zero-order valence-corrected chi connectivity index (χ0v) is 29.8. The number of halogens is 2. The summed E-state index contributed by atoms with van der Waals surface area (Å²) in [6.45, 7) is 18.8. The van der Waals surface area contributed by atoms with Crippen molar-refractivity contribution < 1.29 is 53.9 Å². The van der Waals surface area contributed by atoms with Crippen molar-refractivity contribution in [3.63, 3.8) is 0 Å². The summed E-state index contributed by atoms with van der Waals surface area (Å²) < 4.78 is 17.9. The van der Waals surface area contributed by atoms with Gasteiger partial charge in [0.15, 0.2) is 0 Å². The molecule has 1 saturated heterocycles. The Kier molecular flexibility index (Phi) is 9.30. The molecule has 7 heteroatoms. The smallest absolute Gasteiger partial charge is 1.00 e. The van der Waals surface area contributed by atoms with E-state index in [0.717, 1.165) is 0 Å².